The van der Waals surface area contributed by atoms with Gasteiger partial charge in [0.15, 0.2) is 0 Å². The first-order valence-electron chi connectivity index (χ1n) is 8.96. The molecule has 1 aliphatic heterocycles. The van der Waals surface area contributed by atoms with Gasteiger partial charge in [0.1, 0.15) is 11.6 Å². The number of aromatic nitrogens is 3. The maximum Gasteiger partial charge on any atom is 0.228 e. The molecule has 1 aliphatic rings. The van der Waals surface area contributed by atoms with Gasteiger partial charge in [-0.25, -0.2) is 15.0 Å². The van der Waals surface area contributed by atoms with Gasteiger partial charge in [-0.1, -0.05) is 0 Å². The second-order valence-electron chi connectivity index (χ2n) is 6.68. The summed E-state index contributed by atoms with van der Waals surface area (Å²) in [7, 11) is 3.67. The molecule has 1 atom stereocenters. The maximum atomic E-state index is 12.5. The second-order valence-corrected chi connectivity index (χ2v) is 7.74. The molecule has 2 aromatic rings. The number of anilines is 1. The van der Waals surface area contributed by atoms with Gasteiger partial charge >= 0.3 is 0 Å². The van der Waals surface area contributed by atoms with Crippen LogP contribution in [0.5, 0.6) is 0 Å². The lowest BCUT2D eigenvalue weighted by Gasteiger charge is -2.23. The van der Waals surface area contributed by atoms with E-state index in [-0.39, 0.29) is 5.91 Å². The normalized spacial score (nSPS) is 17.1. The van der Waals surface area contributed by atoms with E-state index >= 15 is 0 Å². The molecule has 2 aromatic heterocycles. The van der Waals surface area contributed by atoms with Gasteiger partial charge in [-0.2, -0.15) is 0 Å². The van der Waals surface area contributed by atoms with Crippen LogP contribution in [0.4, 0.5) is 5.82 Å². The first kappa shape index (κ1) is 18.7. The number of carbonyl (C=O) groups excluding carboxylic acids is 1. The summed E-state index contributed by atoms with van der Waals surface area (Å²) in [5.41, 5.74) is 1.69. The fraction of sp³-hybridized carbons (Fsp3) is 0.556. The summed E-state index contributed by atoms with van der Waals surface area (Å²) in [6, 6.07) is 1.91. The molecule has 1 saturated heterocycles. The predicted molar refractivity (Wildman–Crippen MR) is 103 cm³/mol. The number of nitrogens with zero attached hydrogens (tertiary/aromatic N) is 4. The zero-order chi connectivity index (χ0) is 18.5. The van der Waals surface area contributed by atoms with Crippen molar-refractivity contribution >= 4 is 23.1 Å². The number of hydrogen-bond donors (Lipinski definition) is 2. The van der Waals surface area contributed by atoms with E-state index in [1.54, 1.807) is 16.2 Å². The molecular formula is C18H26N6OS. The highest BCUT2D eigenvalue weighted by Gasteiger charge is 2.20. The van der Waals surface area contributed by atoms with Crippen LogP contribution in [0.1, 0.15) is 41.0 Å². The molecule has 0 spiro atoms. The average molecular weight is 375 g/mol. The molecule has 0 aromatic carbocycles. The summed E-state index contributed by atoms with van der Waals surface area (Å²) in [6.45, 7) is 4.38. The zero-order valence-corrected chi connectivity index (χ0v) is 16.4. The average Bonchev–Trinajstić information content (AvgIpc) is 3.06. The Morgan fingerprint density at radius 2 is 2.23 bits per heavy atom. The summed E-state index contributed by atoms with van der Waals surface area (Å²) >= 11 is 1.57. The Kier molecular flexibility index (Phi) is 6.16. The van der Waals surface area contributed by atoms with Crippen molar-refractivity contribution < 1.29 is 4.79 Å². The van der Waals surface area contributed by atoms with Gasteiger partial charge in [0, 0.05) is 38.0 Å². The highest BCUT2D eigenvalue weighted by molar-refractivity contribution is 7.09. The Morgan fingerprint density at radius 1 is 1.38 bits per heavy atom. The van der Waals surface area contributed by atoms with E-state index < -0.39 is 0 Å². The van der Waals surface area contributed by atoms with Crippen molar-refractivity contribution in [1.29, 1.82) is 0 Å². The molecular weight excluding hydrogens is 348 g/mol. The second kappa shape index (κ2) is 8.55. The molecule has 0 aliphatic carbocycles. The van der Waals surface area contributed by atoms with Crippen LogP contribution in [0, 0.1) is 6.92 Å². The van der Waals surface area contributed by atoms with E-state index in [4.69, 9.17) is 4.98 Å². The third-order valence-corrected chi connectivity index (χ3v) is 5.36. The molecule has 8 heteroatoms. The van der Waals surface area contributed by atoms with Gasteiger partial charge in [-0.05, 0) is 26.3 Å². The standard InChI is InChI=1S/C18H26N6OS/c1-12-21-15(11-26-12)8-17(25)24(3)10-14-7-16(19-2)23-18(22-14)13-5-4-6-20-9-13/h7,11,13,20H,4-6,8-10H2,1-3H3,(H,19,22,23)/t13-/m1/s1. The highest BCUT2D eigenvalue weighted by atomic mass is 32.1. The third-order valence-electron chi connectivity index (χ3n) is 4.54. The molecule has 140 valence electrons. The molecule has 1 amide bonds. The SMILES string of the molecule is CNc1cc(CN(C)C(=O)Cc2csc(C)n2)nc([C@@H]2CCCNC2)n1. The summed E-state index contributed by atoms with van der Waals surface area (Å²) < 4.78 is 0. The van der Waals surface area contributed by atoms with Gasteiger partial charge in [0.2, 0.25) is 5.91 Å². The molecule has 2 N–H and O–H groups in total. The first-order chi connectivity index (χ1) is 12.5. The number of aryl methyl sites for hydroxylation is 1. The molecule has 3 rings (SSSR count). The summed E-state index contributed by atoms with van der Waals surface area (Å²) in [6.07, 6.45) is 2.56. The fourth-order valence-electron chi connectivity index (χ4n) is 3.09. The Bertz CT molecular complexity index is 756. The summed E-state index contributed by atoms with van der Waals surface area (Å²) in [5.74, 6) is 2.03. The van der Waals surface area contributed by atoms with Gasteiger partial charge < -0.3 is 15.5 Å². The van der Waals surface area contributed by atoms with Gasteiger partial charge in [-0.15, -0.1) is 11.3 Å². The predicted octanol–water partition coefficient (Wildman–Crippen LogP) is 1.95. The molecule has 0 bridgehead atoms. The van der Waals surface area contributed by atoms with Crippen LogP contribution in [-0.2, 0) is 17.8 Å². The van der Waals surface area contributed by atoms with E-state index in [0.29, 0.717) is 18.9 Å². The topological polar surface area (TPSA) is 83.0 Å². The van der Waals surface area contributed by atoms with Gasteiger partial charge in [0.05, 0.1) is 29.4 Å². The first-order valence-corrected chi connectivity index (χ1v) is 9.84. The minimum atomic E-state index is 0.0424. The van der Waals surface area contributed by atoms with Crippen LogP contribution in [0.2, 0.25) is 0 Å². The van der Waals surface area contributed by atoms with Crippen molar-refractivity contribution in [1.82, 2.24) is 25.2 Å². The lowest BCUT2D eigenvalue weighted by atomic mass is 9.99. The Morgan fingerprint density at radius 3 is 2.88 bits per heavy atom. The molecule has 0 saturated carbocycles. The molecule has 3 heterocycles. The lowest BCUT2D eigenvalue weighted by Crippen LogP contribution is -2.31. The quantitative estimate of drug-likeness (QED) is 0.804. The van der Waals surface area contributed by atoms with Gasteiger partial charge in [0.25, 0.3) is 0 Å². The number of nitrogens with one attached hydrogen (secondary N) is 2. The highest BCUT2D eigenvalue weighted by Crippen LogP contribution is 2.22. The molecule has 1 fully saturated rings. The Labute approximate surface area is 158 Å². The zero-order valence-electron chi connectivity index (χ0n) is 15.6. The number of likely N-dealkylation sites (N-methyl/N-ethyl adjacent to an activating group) is 1. The van der Waals surface area contributed by atoms with E-state index in [0.717, 1.165) is 54.0 Å². The number of amides is 1. The fourth-order valence-corrected chi connectivity index (χ4v) is 3.70. The van der Waals surface area contributed by atoms with Crippen LogP contribution in [0.15, 0.2) is 11.4 Å². The number of thiazole rings is 1. The third kappa shape index (κ3) is 4.76. The van der Waals surface area contributed by atoms with Crippen molar-refractivity contribution in [3.05, 3.63) is 33.7 Å². The van der Waals surface area contributed by atoms with E-state index in [1.807, 2.05) is 32.5 Å². The van der Waals surface area contributed by atoms with E-state index in [9.17, 15) is 4.79 Å². The van der Waals surface area contributed by atoms with Gasteiger partial charge in [-0.3, -0.25) is 4.79 Å². The minimum absolute atomic E-state index is 0.0424. The van der Waals surface area contributed by atoms with Crippen molar-refractivity contribution in [3.8, 4) is 0 Å². The number of piperidine rings is 1. The lowest BCUT2D eigenvalue weighted by molar-refractivity contribution is -0.129. The molecule has 0 unspecified atom stereocenters. The minimum Gasteiger partial charge on any atom is -0.373 e. The summed E-state index contributed by atoms with van der Waals surface area (Å²) in [4.78, 5) is 27.9. The van der Waals surface area contributed by atoms with E-state index in [1.165, 1.54) is 0 Å². The van der Waals surface area contributed by atoms with Crippen molar-refractivity contribution in [2.24, 2.45) is 0 Å². The van der Waals surface area contributed by atoms with Crippen LogP contribution >= 0.6 is 11.3 Å². The number of carbonyl (C=O) groups is 1. The monoisotopic (exact) mass is 374 g/mol. The van der Waals surface area contributed by atoms with Crippen molar-refractivity contribution in [3.63, 3.8) is 0 Å². The van der Waals surface area contributed by atoms with Crippen LogP contribution in [-0.4, -0.2) is 52.9 Å². The maximum absolute atomic E-state index is 12.5. The molecule has 0 radical (unpaired) electrons. The van der Waals surface area contributed by atoms with Crippen LogP contribution < -0.4 is 10.6 Å². The Balaban J connectivity index is 1.70. The summed E-state index contributed by atoms with van der Waals surface area (Å²) in [5, 5.41) is 9.44. The van der Waals surface area contributed by atoms with Crippen LogP contribution in [0.25, 0.3) is 0 Å². The molecule has 7 nitrogen and oxygen atoms in total. The number of rotatable bonds is 6. The number of hydrogen-bond acceptors (Lipinski definition) is 7. The van der Waals surface area contributed by atoms with Crippen LogP contribution in [0.3, 0.4) is 0 Å². The smallest absolute Gasteiger partial charge is 0.228 e. The van der Waals surface area contributed by atoms with Crippen molar-refractivity contribution in [2.75, 3.05) is 32.5 Å². The molecule has 26 heavy (non-hydrogen) atoms. The largest absolute Gasteiger partial charge is 0.373 e. The van der Waals surface area contributed by atoms with Crippen molar-refractivity contribution in [2.45, 2.75) is 38.6 Å². The Hall–Kier alpha value is -2.06. The van der Waals surface area contributed by atoms with E-state index in [2.05, 4.69) is 20.6 Å².